The molecule has 0 spiro atoms. The molecule has 2 aromatic rings. The van der Waals surface area contributed by atoms with Gasteiger partial charge >= 0.3 is 0 Å². The van der Waals surface area contributed by atoms with E-state index in [1.807, 2.05) is 0 Å². The average Bonchev–Trinajstić information content (AvgIpc) is 2.44. The number of aryl methyl sites for hydroxylation is 1. The molecule has 0 heterocycles. The Bertz CT molecular complexity index is 641. The van der Waals surface area contributed by atoms with Gasteiger partial charge in [0.05, 0.1) is 0 Å². The van der Waals surface area contributed by atoms with Crippen molar-refractivity contribution in [3.05, 3.63) is 70.8 Å². The Kier molecular flexibility index (Phi) is 4.65. The number of carbonyl (C=O) groups is 1. The minimum Gasteiger partial charge on any atom is -0.368 e. The van der Waals surface area contributed by atoms with Crippen molar-refractivity contribution in [2.24, 2.45) is 5.73 Å². The molecule has 21 heavy (non-hydrogen) atoms. The number of rotatable bonds is 5. The van der Waals surface area contributed by atoms with E-state index in [9.17, 15) is 13.6 Å². The summed E-state index contributed by atoms with van der Waals surface area (Å²) < 4.78 is 26.1. The summed E-state index contributed by atoms with van der Waals surface area (Å²) in [7, 11) is 0. The lowest BCUT2D eigenvalue weighted by atomic mass is 10.1. The summed E-state index contributed by atoms with van der Waals surface area (Å²) in [6, 6.07) is 9.55. The van der Waals surface area contributed by atoms with Crippen LogP contribution in [0.4, 0.5) is 8.78 Å². The van der Waals surface area contributed by atoms with Gasteiger partial charge in [0.2, 0.25) is 5.91 Å². The first kappa shape index (κ1) is 15.1. The molecule has 2 aromatic carbocycles. The van der Waals surface area contributed by atoms with Crippen LogP contribution in [0.2, 0.25) is 0 Å². The molecule has 0 aliphatic rings. The first-order valence-electron chi connectivity index (χ1n) is 6.50. The summed E-state index contributed by atoms with van der Waals surface area (Å²) >= 11 is 0. The number of hydrogen-bond donors (Lipinski definition) is 2. The van der Waals surface area contributed by atoms with Crippen LogP contribution in [0.3, 0.4) is 0 Å². The summed E-state index contributed by atoms with van der Waals surface area (Å²) in [4.78, 5) is 11.5. The molecule has 0 unspecified atom stereocenters. The normalized spacial score (nSPS) is 12.1. The van der Waals surface area contributed by atoms with Crippen molar-refractivity contribution in [2.75, 3.05) is 0 Å². The lowest BCUT2D eigenvalue weighted by Crippen LogP contribution is -2.33. The van der Waals surface area contributed by atoms with E-state index in [4.69, 9.17) is 5.73 Å². The van der Waals surface area contributed by atoms with Gasteiger partial charge in [-0.05, 0) is 41.8 Å². The van der Waals surface area contributed by atoms with Gasteiger partial charge < -0.3 is 5.73 Å². The number of benzene rings is 2. The van der Waals surface area contributed by atoms with Crippen LogP contribution in [0.25, 0.3) is 0 Å². The van der Waals surface area contributed by atoms with Gasteiger partial charge in [0, 0.05) is 6.54 Å². The molecule has 0 aromatic heterocycles. The molecule has 0 saturated carbocycles. The molecule has 3 N–H and O–H groups in total. The smallest absolute Gasteiger partial charge is 0.239 e. The second-order valence-electron chi connectivity index (χ2n) is 4.85. The monoisotopic (exact) mass is 290 g/mol. The summed E-state index contributed by atoms with van der Waals surface area (Å²) in [5.41, 5.74) is 7.33. The predicted octanol–water partition coefficient (Wildman–Crippen LogP) is 2.59. The van der Waals surface area contributed by atoms with Crippen molar-refractivity contribution < 1.29 is 13.6 Å². The van der Waals surface area contributed by atoms with Crippen molar-refractivity contribution in [3.8, 4) is 0 Å². The zero-order chi connectivity index (χ0) is 15.4. The van der Waals surface area contributed by atoms with Crippen molar-refractivity contribution >= 4 is 5.91 Å². The fourth-order valence-electron chi connectivity index (χ4n) is 2.07. The number of primary amides is 1. The molecule has 110 valence electrons. The Labute approximate surface area is 121 Å². The fourth-order valence-corrected chi connectivity index (χ4v) is 2.07. The van der Waals surface area contributed by atoms with Gasteiger partial charge in [0.25, 0.3) is 0 Å². The van der Waals surface area contributed by atoms with E-state index in [0.29, 0.717) is 17.7 Å². The van der Waals surface area contributed by atoms with Gasteiger partial charge in [-0.15, -0.1) is 0 Å². The highest BCUT2D eigenvalue weighted by atomic mass is 19.1. The largest absolute Gasteiger partial charge is 0.368 e. The van der Waals surface area contributed by atoms with Gasteiger partial charge in [-0.3, -0.25) is 10.1 Å². The maximum absolute atomic E-state index is 13.2. The van der Waals surface area contributed by atoms with Gasteiger partial charge in [-0.1, -0.05) is 24.3 Å². The van der Waals surface area contributed by atoms with Crippen LogP contribution < -0.4 is 11.1 Å². The minimum atomic E-state index is -0.726. The van der Waals surface area contributed by atoms with Crippen LogP contribution in [-0.2, 0) is 11.3 Å². The summed E-state index contributed by atoms with van der Waals surface area (Å²) in [5.74, 6) is -1.21. The van der Waals surface area contributed by atoms with E-state index in [-0.39, 0.29) is 11.6 Å². The van der Waals surface area contributed by atoms with Gasteiger partial charge in [-0.2, -0.15) is 0 Å². The summed E-state index contributed by atoms with van der Waals surface area (Å²) in [5, 5.41) is 3.00. The van der Waals surface area contributed by atoms with Gasteiger partial charge in [-0.25, -0.2) is 8.78 Å². The standard InChI is InChI=1S/C16H16F2N2O/c1-10-8-11(2-7-14(10)18)9-20-15(16(19)21)12-3-5-13(17)6-4-12/h2-8,15,20H,9H2,1H3,(H2,19,21)/t15-/m0/s1. The summed E-state index contributed by atoms with van der Waals surface area (Å²) in [6.45, 7) is 2.02. The molecule has 2 rings (SSSR count). The van der Waals surface area contributed by atoms with Crippen LogP contribution >= 0.6 is 0 Å². The number of nitrogens with two attached hydrogens (primary N) is 1. The maximum Gasteiger partial charge on any atom is 0.239 e. The third-order valence-corrected chi connectivity index (χ3v) is 3.22. The molecule has 0 bridgehead atoms. The average molecular weight is 290 g/mol. The van der Waals surface area contributed by atoms with E-state index in [1.165, 1.54) is 30.3 Å². The third-order valence-electron chi connectivity index (χ3n) is 3.22. The molecular weight excluding hydrogens is 274 g/mol. The highest BCUT2D eigenvalue weighted by molar-refractivity contribution is 5.81. The zero-order valence-corrected chi connectivity index (χ0v) is 11.6. The number of amides is 1. The minimum absolute atomic E-state index is 0.274. The first-order chi connectivity index (χ1) is 9.97. The SMILES string of the molecule is Cc1cc(CN[C@H](C(N)=O)c2ccc(F)cc2)ccc1F. The molecule has 0 aliphatic heterocycles. The first-order valence-corrected chi connectivity index (χ1v) is 6.50. The van der Waals surface area contributed by atoms with Gasteiger partial charge in [0.1, 0.15) is 17.7 Å². The van der Waals surface area contributed by atoms with Crippen LogP contribution in [0.15, 0.2) is 42.5 Å². The van der Waals surface area contributed by atoms with Crippen LogP contribution in [0, 0.1) is 18.6 Å². The van der Waals surface area contributed by atoms with Crippen molar-refractivity contribution in [1.82, 2.24) is 5.32 Å². The summed E-state index contributed by atoms with van der Waals surface area (Å²) in [6.07, 6.45) is 0. The Hall–Kier alpha value is -2.27. The van der Waals surface area contributed by atoms with E-state index in [0.717, 1.165) is 5.56 Å². The van der Waals surface area contributed by atoms with Crippen LogP contribution in [-0.4, -0.2) is 5.91 Å². The molecule has 0 radical (unpaired) electrons. The van der Waals surface area contributed by atoms with Crippen LogP contribution in [0.1, 0.15) is 22.7 Å². The predicted molar refractivity (Wildman–Crippen MR) is 76.3 cm³/mol. The number of nitrogens with one attached hydrogen (secondary N) is 1. The van der Waals surface area contributed by atoms with E-state index < -0.39 is 11.9 Å². The highest BCUT2D eigenvalue weighted by Gasteiger charge is 2.17. The third kappa shape index (κ3) is 3.86. The van der Waals surface area contributed by atoms with Crippen LogP contribution in [0.5, 0.6) is 0 Å². The molecular formula is C16H16F2N2O. The second-order valence-corrected chi connectivity index (χ2v) is 4.85. The molecule has 0 saturated heterocycles. The topological polar surface area (TPSA) is 55.1 Å². The second kappa shape index (κ2) is 6.45. The number of carbonyl (C=O) groups excluding carboxylic acids is 1. The Morgan fingerprint density at radius 2 is 1.86 bits per heavy atom. The molecule has 0 fully saturated rings. The lowest BCUT2D eigenvalue weighted by Gasteiger charge is -2.16. The lowest BCUT2D eigenvalue weighted by molar-refractivity contribution is -0.120. The van der Waals surface area contributed by atoms with E-state index >= 15 is 0 Å². The van der Waals surface area contributed by atoms with Gasteiger partial charge in [0.15, 0.2) is 0 Å². The number of hydrogen-bond acceptors (Lipinski definition) is 2. The molecule has 0 aliphatic carbocycles. The number of halogens is 2. The van der Waals surface area contributed by atoms with Crippen molar-refractivity contribution in [3.63, 3.8) is 0 Å². The Morgan fingerprint density at radius 3 is 2.43 bits per heavy atom. The highest BCUT2D eigenvalue weighted by Crippen LogP contribution is 2.15. The Balaban J connectivity index is 2.11. The molecule has 5 heteroatoms. The molecule has 3 nitrogen and oxygen atoms in total. The maximum atomic E-state index is 13.2. The zero-order valence-electron chi connectivity index (χ0n) is 11.6. The van der Waals surface area contributed by atoms with Crippen molar-refractivity contribution in [2.45, 2.75) is 19.5 Å². The molecule has 1 amide bonds. The fraction of sp³-hybridized carbons (Fsp3) is 0.188. The van der Waals surface area contributed by atoms with E-state index in [2.05, 4.69) is 5.32 Å². The van der Waals surface area contributed by atoms with E-state index in [1.54, 1.807) is 19.1 Å². The molecule has 1 atom stereocenters. The Morgan fingerprint density at radius 1 is 1.19 bits per heavy atom. The van der Waals surface area contributed by atoms with Crippen molar-refractivity contribution in [1.29, 1.82) is 0 Å². The quantitative estimate of drug-likeness (QED) is 0.889.